The number of benzene rings is 1. The van der Waals surface area contributed by atoms with Crippen molar-refractivity contribution in [3.05, 3.63) is 29.8 Å². The van der Waals surface area contributed by atoms with Crippen LogP contribution < -0.4 is 10.5 Å². The van der Waals surface area contributed by atoms with E-state index in [1.165, 1.54) is 24.8 Å². The van der Waals surface area contributed by atoms with Crippen LogP contribution in [0.3, 0.4) is 0 Å². The maximum absolute atomic E-state index is 6.71. The number of rotatable bonds is 4. The lowest BCUT2D eigenvalue weighted by atomic mass is 9.66. The fraction of sp³-hybridized carbons (Fsp3) is 0.667. The van der Waals surface area contributed by atoms with E-state index in [1.807, 2.05) is 12.1 Å². The number of hydrogen-bond donors (Lipinski definition) is 1. The zero-order valence-corrected chi connectivity index (χ0v) is 13.2. The Labute approximate surface area is 127 Å². The van der Waals surface area contributed by atoms with E-state index in [0.29, 0.717) is 5.92 Å². The summed E-state index contributed by atoms with van der Waals surface area (Å²) in [7, 11) is 1.70. The summed E-state index contributed by atoms with van der Waals surface area (Å²) < 4.78 is 11.3. The first-order valence-corrected chi connectivity index (χ1v) is 8.09. The molecule has 2 atom stereocenters. The quantitative estimate of drug-likeness (QED) is 0.925. The molecule has 3 nitrogen and oxygen atoms in total. The minimum absolute atomic E-state index is 0.166. The average molecular weight is 289 g/mol. The molecule has 2 unspecified atom stereocenters. The van der Waals surface area contributed by atoms with Gasteiger partial charge in [-0.1, -0.05) is 12.1 Å². The number of ether oxygens (including phenoxy) is 2. The van der Waals surface area contributed by atoms with Gasteiger partial charge in [0.05, 0.1) is 12.7 Å². The van der Waals surface area contributed by atoms with E-state index in [1.54, 1.807) is 7.11 Å². The van der Waals surface area contributed by atoms with Crippen molar-refractivity contribution in [3.8, 4) is 5.75 Å². The molecule has 1 saturated heterocycles. The molecule has 21 heavy (non-hydrogen) atoms. The van der Waals surface area contributed by atoms with E-state index in [9.17, 15) is 0 Å². The van der Waals surface area contributed by atoms with Gasteiger partial charge >= 0.3 is 0 Å². The summed E-state index contributed by atoms with van der Waals surface area (Å²) in [4.78, 5) is 0. The van der Waals surface area contributed by atoms with Crippen LogP contribution in [-0.4, -0.2) is 24.9 Å². The Balaban J connectivity index is 1.67. The van der Waals surface area contributed by atoms with Crippen molar-refractivity contribution in [2.24, 2.45) is 11.7 Å². The first-order chi connectivity index (χ1) is 10.0. The Morgan fingerprint density at radius 1 is 1.33 bits per heavy atom. The van der Waals surface area contributed by atoms with E-state index in [2.05, 4.69) is 19.1 Å². The molecular formula is C18H27NO2. The lowest BCUT2D eigenvalue weighted by Gasteiger charge is -2.50. The highest BCUT2D eigenvalue weighted by Crippen LogP contribution is 2.46. The zero-order chi connectivity index (χ0) is 14.9. The van der Waals surface area contributed by atoms with Crippen LogP contribution in [-0.2, 0) is 11.2 Å². The Morgan fingerprint density at radius 3 is 2.62 bits per heavy atom. The summed E-state index contributed by atoms with van der Waals surface area (Å²) in [5.74, 6) is 1.45. The summed E-state index contributed by atoms with van der Waals surface area (Å²) in [6.07, 6.45) is 6.90. The van der Waals surface area contributed by atoms with Crippen molar-refractivity contribution >= 4 is 0 Å². The van der Waals surface area contributed by atoms with E-state index in [4.69, 9.17) is 15.2 Å². The fourth-order valence-electron chi connectivity index (χ4n) is 3.84. The maximum atomic E-state index is 6.71. The van der Waals surface area contributed by atoms with Crippen LogP contribution in [0.25, 0.3) is 0 Å². The molecule has 2 fully saturated rings. The third-order valence-electron chi connectivity index (χ3n) is 5.43. The molecule has 0 bridgehead atoms. The predicted molar refractivity (Wildman–Crippen MR) is 84.5 cm³/mol. The van der Waals surface area contributed by atoms with Gasteiger partial charge in [0.2, 0.25) is 0 Å². The number of nitrogens with two attached hydrogens (primary N) is 1. The van der Waals surface area contributed by atoms with Gasteiger partial charge in [-0.05, 0) is 69.1 Å². The molecule has 2 N–H and O–H groups in total. The topological polar surface area (TPSA) is 44.5 Å². The molecule has 1 aliphatic heterocycles. The van der Waals surface area contributed by atoms with Gasteiger partial charge in [0, 0.05) is 12.1 Å². The van der Waals surface area contributed by atoms with Gasteiger partial charge in [-0.2, -0.15) is 0 Å². The second-order valence-corrected chi connectivity index (χ2v) is 7.11. The van der Waals surface area contributed by atoms with Gasteiger partial charge in [0.25, 0.3) is 0 Å². The van der Waals surface area contributed by atoms with Crippen LogP contribution in [0.1, 0.15) is 44.6 Å². The zero-order valence-electron chi connectivity index (χ0n) is 13.2. The van der Waals surface area contributed by atoms with Gasteiger partial charge in [-0.25, -0.2) is 0 Å². The second-order valence-electron chi connectivity index (χ2n) is 7.11. The Hall–Kier alpha value is -1.06. The Morgan fingerprint density at radius 2 is 2.05 bits per heavy atom. The number of hydrogen-bond acceptors (Lipinski definition) is 3. The van der Waals surface area contributed by atoms with E-state index in [0.717, 1.165) is 31.6 Å². The summed E-state index contributed by atoms with van der Waals surface area (Å²) in [5.41, 5.74) is 8.00. The molecule has 1 aromatic rings. The highest BCUT2D eigenvalue weighted by molar-refractivity contribution is 5.28. The molecule has 1 aliphatic carbocycles. The number of methoxy groups -OCH3 is 1. The minimum Gasteiger partial charge on any atom is -0.497 e. The van der Waals surface area contributed by atoms with E-state index >= 15 is 0 Å². The first kappa shape index (κ1) is 14.9. The highest BCUT2D eigenvalue weighted by atomic mass is 16.5. The van der Waals surface area contributed by atoms with Crippen LogP contribution in [0.15, 0.2) is 24.3 Å². The monoisotopic (exact) mass is 289 g/mol. The molecule has 1 spiro atoms. The van der Waals surface area contributed by atoms with Crippen molar-refractivity contribution in [1.82, 2.24) is 0 Å². The summed E-state index contributed by atoms with van der Waals surface area (Å²) >= 11 is 0. The highest BCUT2D eigenvalue weighted by Gasteiger charge is 2.46. The maximum Gasteiger partial charge on any atom is 0.118 e. The van der Waals surface area contributed by atoms with Gasteiger partial charge in [0.15, 0.2) is 0 Å². The van der Waals surface area contributed by atoms with Crippen LogP contribution in [0.5, 0.6) is 5.75 Å². The third-order valence-corrected chi connectivity index (χ3v) is 5.43. The molecule has 0 aromatic heterocycles. The van der Waals surface area contributed by atoms with Gasteiger partial charge in [0.1, 0.15) is 5.75 Å². The Bertz CT molecular complexity index is 476. The molecule has 2 aliphatic rings. The van der Waals surface area contributed by atoms with Crippen molar-refractivity contribution in [3.63, 3.8) is 0 Å². The largest absolute Gasteiger partial charge is 0.497 e. The third kappa shape index (κ3) is 3.09. The van der Waals surface area contributed by atoms with E-state index in [-0.39, 0.29) is 11.1 Å². The summed E-state index contributed by atoms with van der Waals surface area (Å²) in [6.45, 7) is 3.08. The molecule has 3 heteroatoms. The standard InChI is InChI=1S/C18H27NO2/c1-17(19,12-14-4-6-16(20-2)7-5-14)15-8-11-21-18(13-15)9-3-10-18/h4-7,15H,3,8-13,19H2,1-2H3. The van der Waals surface area contributed by atoms with Crippen molar-refractivity contribution < 1.29 is 9.47 Å². The lowest BCUT2D eigenvalue weighted by Crippen LogP contribution is -2.55. The normalized spacial score (nSPS) is 26.9. The fourth-order valence-corrected chi connectivity index (χ4v) is 3.84. The van der Waals surface area contributed by atoms with Crippen LogP contribution in [0.4, 0.5) is 0 Å². The summed E-state index contributed by atoms with van der Waals surface area (Å²) in [5, 5.41) is 0. The van der Waals surface area contributed by atoms with Gasteiger partial charge in [-0.3, -0.25) is 0 Å². The minimum atomic E-state index is -0.166. The summed E-state index contributed by atoms with van der Waals surface area (Å²) in [6, 6.07) is 8.29. The van der Waals surface area contributed by atoms with Gasteiger partial charge < -0.3 is 15.2 Å². The van der Waals surface area contributed by atoms with Gasteiger partial charge in [-0.15, -0.1) is 0 Å². The second kappa shape index (κ2) is 5.62. The van der Waals surface area contributed by atoms with Crippen molar-refractivity contribution in [2.45, 2.75) is 56.6 Å². The molecule has 1 saturated carbocycles. The van der Waals surface area contributed by atoms with Crippen molar-refractivity contribution in [2.75, 3.05) is 13.7 Å². The first-order valence-electron chi connectivity index (χ1n) is 8.09. The van der Waals surface area contributed by atoms with Crippen LogP contribution >= 0.6 is 0 Å². The average Bonchev–Trinajstić information content (AvgIpc) is 2.46. The molecule has 0 amide bonds. The van der Waals surface area contributed by atoms with E-state index < -0.39 is 0 Å². The lowest BCUT2D eigenvalue weighted by molar-refractivity contribution is -0.151. The molecule has 0 radical (unpaired) electrons. The van der Waals surface area contributed by atoms with Crippen molar-refractivity contribution in [1.29, 1.82) is 0 Å². The van der Waals surface area contributed by atoms with Crippen LogP contribution in [0.2, 0.25) is 0 Å². The SMILES string of the molecule is COc1ccc(CC(C)(N)C2CCOC3(CCC3)C2)cc1. The Kier molecular flexibility index (Phi) is 3.98. The predicted octanol–water partition coefficient (Wildman–Crippen LogP) is 3.30. The molecular weight excluding hydrogens is 262 g/mol. The molecule has 116 valence electrons. The molecule has 1 aromatic carbocycles. The molecule has 1 heterocycles. The van der Waals surface area contributed by atoms with Crippen LogP contribution in [0, 0.1) is 5.92 Å². The molecule has 3 rings (SSSR count). The smallest absolute Gasteiger partial charge is 0.118 e.